The molecule has 3 aromatic rings. The van der Waals surface area contributed by atoms with Crippen LogP contribution in [0.3, 0.4) is 0 Å². The van der Waals surface area contributed by atoms with Crippen LogP contribution in [0.2, 0.25) is 0 Å². The normalized spacial score (nSPS) is 15.8. The molecule has 2 saturated carbocycles. The molecule has 0 radical (unpaired) electrons. The van der Waals surface area contributed by atoms with Crippen molar-refractivity contribution in [3.05, 3.63) is 90.0 Å². The summed E-state index contributed by atoms with van der Waals surface area (Å²) in [6.45, 7) is 1.32. The van der Waals surface area contributed by atoms with Gasteiger partial charge in [0.25, 0.3) is 0 Å². The molecule has 2 aliphatic carbocycles. The number of carbonyl (C=O) groups excluding carboxylic acids is 2. The van der Waals surface area contributed by atoms with E-state index >= 15 is 0 Å². The summed E-state index contributed by atoms with van der Waals surface area (Å²) in [5.41, 5.74) is 1.84. The third-order valence-corrected chi connectivity index (χ3v) is 7.71. The summed E-state index contributed by atoms with van der Waals surface area (Å²) in [4.78, 5) is 37.1. The number of Topliss-reactive ketones (excluding diaryl/α,β-unsaturated/α-hetero) is 1. The second-order valence-electron chi connectivity index (χ2n) is 11.1. The molecule has 42 heavy (non-hydrogen) atoms. The summed E-state index contributed by atoms with van der Waals surface area (Å²) in [7, 11) is 0. The van der Waals surface area contributed by atoms with Crippen LogP contribution in [0.1, 0.15) is 54.4 Å². The second-order valence-corrected chi connectivity index (χ2v) is 11.1. The lowest BCUT2D eigenvalue weighted by Crippen LogP contribution is -2.40. The predicted octanol–water partition coefficient (Wildman–Crippen LogP) is 5.52. The Bertz CT molecular complexity index is 1350. The highest BCUT2D eigenvalue weighted by atomic mass is 16.5. The lowest BCUT2D eigenvalue weighted by molar-refractivity contribution is -0.138. The summed E-state index contributed by atoms with van der Waals surface area (Å²) < 4.78 is 11.4. The van der Waals surface area contributed by atoms with Crippen molar-refractivity contribution in [2.45, 2.75) is 57.0 Å². The number of esters is 1. The van der Waals surface area contributed by atoms with E-state index in [0.717, 1.165) is 50.0 Å². The quantitative estimate of drug-likeness (QED) is 0.110. The van der Waals surface area contributed by atoms with Crippen LogP contribution in [-0.4, -0.2) is 48.1 Å². The van der Waals surface area contributed by atoms with Gasteiger partial charge in [-0.15, -0.1) is 0 Å². The van der Waals surface area contributed by atoms with Gasteiger partial charge in [-0.05, 0) is 99.4 Å². The highest BCUT2D eigenvalue weighted by molar-refractivity contribution is 5.92. The first-order valence-electron chi connectivity index (χ1n) is 14.8. The number of para-hydroxylation sites is 2. The number of hydrogen-bond donors (Lipinski definition) is 3. The fourth-order valence-electron chi connectivity index (χ4n) is 4.99. The number of rotatable bonds is 17. The van der Waals surface area contributed by atoms with Crippen molar-refractivity contribution in [1.82, 2.24) is 5.32 Å². The van der Waals surface area contributed by atoms with E-state index in [9.17, 15) is 19.5 Å². The number of benzene rings is 3. The van der Waals surface area contributed by atoms with Gasteiger partial charge in [-0.1, -0.05) is 42.5 Å². The molecule has 220 valence electrons. The number of carboxylic acids is 1. The van der Waals surface area contributed by atoms with Crippen LogP contribution in [-0.2, 0) is 16.0 Å². The van der Waals surface area contributed by atoms with Gasteiger partial charge in [0.15, 0.2) is 11.5 Å². The topological polar surface area (TPSA) is 114 Å². The van der Waals surface area contributed by atoms with E-state index in [1.165, 1.54) is 0 Å². The lowest BCUT2D eigenvalue weighted by Gasteiger charge is -2.18. The Kier molecular flexibility index (Phi) is 9.87. The molecule has 8 nitrogen and oxygen atoms in total. The number of carboxylic acid groups (broad SMARTS) is 1. The zero-order chi connectivity index (χ0) is 29.3. The van der Waals surface area contributed by atoms with E-state index in [1.807, 2.05) is 30.3 Å². The molecule has 3 N–H and O–H groups in total. The van der Waals surface area contributed by atoms with E-state index in [2.05, 4.69) is 10.6 Å². The summed E-state index contributed by atoms with van der Waals surface area (Å²) in [6.07, 6.45) is 6.10. The molecule has 2 fully saturated rings. The van der Waals surface area contributed by atoms with Crippen molar-refractivity contribution >= 4 is 23.4 Å². The first-order valence-corrected chi connectivity index (χ1v) is 14.8. The minimum absolute atomic E-state index is 0.0266. The molecule has 3 aromatic carbocycles. The van der Waals surface area contributed by atoms with Crippen LogP contribution < -0.4 is 20.1 Å². The van der Waals surface area contributed by atoms with Crippen LogP contribution in [0.4, 0.5) is 5.69 Å². The fourth-order valence-corrected chi connectivity index (χ4v) is 4.99. The summed E-state index contributed by atoms with van der Waals surface area (Å²) in [6, 6.07) is 22.3. The molecule has 0 bridgehead atoms. The van der Waals surface area contributed by atoms with Gasteiger partial charge in [0.05, 0.1) is 23.9 Å². The van der Waals surface area contributed by atoms with Crippen molar-refractivity contribution in [3.63, 3.8) is 0 Å². The number of anilines is 1. The van der Waals surface area contributed by atoms with Crippen LogP contribution in [0.15, 0.2) is 78.9 Å². The molecule has 0 heterocycles. The van der Waals surface area contributed by atoms with Gasteiger partial charge in [0.2, 0.25) is 0 Å². The highest BCUT2D eigenvalue weighted by Crippen LogP contribution is 2.39. The largest absolute Gasteiger partial charge is 0.494 e. The van der Waals surface area contributed by atoms with E-state index in [-0.39, 0.29) is 11.8 Å². The van der Waals surface area contributed by atoms with E-state index < -0.39 is 18.0 Å². The Hall–Kier alpha value is -4.17. The average Bonchev–Trinajstić information content (AvgIpc) is 3.93. The number of hydrogen-bond acceptors (Lipinski definition) is 7. The van der Waals surface area contributed by atoms with E-state index in [1.54, 1.807) is 48.5 Å². The van der Waals surface area contributed by atoms with E-state index in [0.29, 0.717) is 48.3 Å². The first-order chi connectivity index (χ1) is 20.5. The first kappa shape index (κ1) is 29.3. The molecule has 0 amide bonds. The Morgan fingerprint density at radius 2 is 1.60 bits per heavy atom. The third kappa shape index (κ3) is 8.42. The maximum Gasteiger partial charge on any atom is 0.343 e. The number of nitrogens with one attached hydrogen (secondary N) is 2. The number of aryl methyl sites for hydroxylation is 1. The fraction of sp³-hybridized carbons (Fsp3) is 0.382. The minimum Gasteiger partial charge on any atom is -0.494 e. The zero-order valence-electron chi connectivity index (χ0n) is 23.7. The van der Waals surface area contributed by atoms with Gasteiger partial charge in [0, 0.05) is 5.92 Å². The van der Waals surface area contributed by atoms with Crippen LogP contribution in [0.5, 0.6) is 11.5 Å². The maximum absolute atomic E-state index is 12.5. The van der Waals surface area contributed by atoms with Crippen molar-refractivity contribution < 1.29 is 29.0 Å². The molecular formula is C34H38N2O6. The highest BCUT2D eigenvalue weighted by Gasteiger charge is 2.41. The van der Waals surface area contributed by atoms with Crippen molar-refractivity contribution in [2.24, 2.45) is 11.8 Å². The van der Waals surface area contributed by atoms with Crippen molar-refractivity contribution in [1.29, 1.82) is 0 Å². The summed E-state index contributed by atoms with van der Waals surface area (Å²) in [5, 5.41) is 16.4. The molecule has 8 heteroatoms. The van der Waals surface area contributed by atoms with Crippen molar-refractivity contribution in [2.75, 3.05) is 18.5 Å². The smallest absolute Gasteiger partial charge is 0.343 e. The molecule has 0 spiro atoms. The van der Waals surface area contributed by atoms with Crippen LogP contribution in [0.25, 0.3) is 0 Å². The van der Waals surface area contributed by atoms with Crippen LogP contribution >= 0.6 is 0 Å². The van der Waals surface area contributed by atoms with Gasteiger partial charge in [0.1, 0.15) is 11.8 Å². The van der Waals surface area contributed by atoms with Gasteiger partial charge in [-0.25, -0.2) is 9.59 Å². The van der Waals surface area contributed by atoms with Gasteiger partial charge >= 0.3 is 11.9 Å². The Morgan fingerprint density at radius 3 is 2.29 bits per heavy atom. The molecular weight excluding hydrogens is 532 g/mol. The lowest BCUT2D eigenvalue weighted by atomic mass is 10.0. The average molecular weight is 571 g/mol. The van der Waals surface area contributed by atoms with Gasteiger partial charge in [-0.3, -0.25) is 4.79 Å². The van der Waals surface area contributed by atoms with E-state index in [4.69, 9.17) is 9.47 Å². The Labute approximate surface area is 246 Å². The van der Waals surface area contributed by atoms with Crippen LogP contribution in [0, 0.1) is 11.8 Å². The Morgan fingerprint density at radius 1 is 0.881 bits per heavy atom. The zero-order valence-corrected chi connectivity index (χ0v) is 23.7. The number of carbonyl (C=O) groups is 3. The molecule has 2 aliphatic rings. The molecule has 0 aliphatic heterocycles. The summed E-state index contributed by atoms with van der Waals surface area (Å²) in [5.74, 6) is 0.747. The molecule has 0 saturated heterocycles. The summed E-state index contributed by atoms with van der Waals surface area (Å²) >= 11 is 0. The second kappa shape index (κ2) is 14.1. The third-order valence-electron chi connectivity index (χ3n) is 7.71. The molecule has 5 rings (SSSR count). The maximum atomic E-state index is 12.5. The monoisotopic (exact) mass is 570 g/mol. The Balaban J connectivity index is 1.06. The standard InChI is InChI=1S/C34H38N2O6/c37-32(25-16-17-25)31(24-14-15-24)35-21-6-22-41-27-18-11-23(12-19-27)13-20-29(33(38)39)36-28-9-4-5-10-30(28)42-34(40)26-7-2-1-3-8-26/h1-5,7-12,18-19,24-25,29,31,35-36H,6,13-17,20-22H2,(H,38,39). The molecule has 0 aromatic heterocycles. The van der Waals surface area contributed by atoms with Gasteiger partial charge < -0.3 is 25.2 Å². The minimum atomic E-state index is -0.990. The molecule has 2 unspecified atom stereocenters. The SMILES string of the molecule is O=C(Oc1ccccc1NC(CCc1ccc(OCCCNC(C(=O)C2CC2)C2CC2)cc1)C(=O)O)c1ccccc1. The van der Waals surface area contributed by atoms with Gasteiger partial charge in [-0.2, -0.15) is 0 Å². The number of ketones is 1. The number of aliphatic carboxylic acids is 1. The number of ether oxygens (including phenoxy) is 2. The predicted molar refractivity (Wildman–Crippen MR) is 160 cm³/mol. The molecule has 2 atom stereocenters. The van der Waals surface area contributed by atoms with Crippen molar-refractivity contribution in [3.8, 4) is 11.5 Å².